The zero-order valence-corrected chi connectivity index (χ0v) is 17.0. The maximum Gasteiger partial charge on any atom is 0.291 e. The van der Waals surface area contributed by atoms with Gasteiger partial charge in [0.05, 0.1) is 29.6 Å². The Hall–Kier alpha value is -3.70. The lowest BCUT2D eigenvalue weighted by atomic mass is 9.97. The molecule has 2 heterocycles. The SMILES string of the molecule is Cc1ccc([C@H]2c3c(oc4ccccc4c3=O)C(=O)N2C[C@@H](O)c2ccccc2)cc1. The number of amides is 1. The van der Waals surface area contributed by atoms with Crippen molar-refractivity contribution in [1.82, 2.24) is 4.90 Å². The van der Waals surface area contributed by atoms with Gasteiger partial charge in [-0.15, -0.1) is 0 Å². The van der Waals surface area contributed by atoms with Crippen molar-refractivity contribution >= 4 is 16.9 Å². The fourth-order valence-corrected chi connectivity index (χ4v) is 4.22. The van der Waals surface area contributed by atoms with Gasteiger partial charge in [-0.25, -0.2) is 0 Å². The Morgan fingerprint density at radius 2 is 1.61 bits per heavy atom. The Labute approximate surface area is 179 Å². The largest absolute Gasteiger partial charge is 0.450 e. The molecule has 4 aromatic rings. The van der Waals surface area contributed by atoms with E-state index in [9.17, 15) is 14.7 Å². The highest BCUT2D eigenvalue weighted by Crippen LogP contribution is 2.39. The molecule has 0 saturated heterocycles. The first-order chi connectivity index (χ1) is 15.0. The number of carbonyl (C=O) groups excluding carboxylic acids is 1. The average molecular weight is 411 g/mol. The quantitative estimate of drug-likeness (QED) is 0.541. The van der Waals surface area contributed by atoms with Crippen molar-refractivity contribution in [1.29, 1.82) is 0 Å². The molecule has 154 valence electrons. The van der Waals surface area contributed by atoms with E-state index in [2.05, 4.69) is 0 Å². The summed E-state index contributed by atoms with van der Waals surface area (Å²) in [6.07, 6.45) is -0.892. The van der Waals surface area contributed by atoms with Gasteiger partial charge < -0.3 is 14.4 Å². The molecule has 1 aliphatic rings. The first-order valence-electron chi connectivity index (χ1n) is 10.2. The first-order valence-corrected chi connectivity index (χ1v) is 10.2. The monoisotopic (exact) mass is 411 g/mol. The lowest BCUT2D eigenvalue weighted by Gasteiger charge is -2.27. The van der Waals surface area contributed by atoms with Crippen molar-refractivity contribution in [2.45, 2.75) is 19.1 Å². The highest BCUT2D eigenvalue weighted by atomic mass is 16.3. The summed E-state index contributed by atoms with van der Waals surface area (Å²) in [5, 5.41) is 11.3. The van der Waals surface area contributed by atoms with E-state index >= 15 is 0 Å². The van der Waals surface area contributed by atoms with Crippen LogP contribution >= 0.6 is 0 Å². The predicted octanol–water partition coefficient (Wildman–Crippen LogP) is 4.38. The third kappa shape index (κ3) is 3.23. The van der Waals surface area contributed by atoms with Gasteiger partial charge in [0.2, 0.25) is 5.76 Å². The first kappa shape index (κ1) is 19.3. The average Bonchev–Trinajstić information content (AvgIpc) is 3.07. The van der Waals surface area contributed by atoms with Crippen LogP contribution in [0.4, 0.5) is 0 Å². The van der Waals surface area contributed by atoms with Crippen LogP contribution in [0.3, 0.4) is 0 Å². The van der Waals surface area contributed by atoms with Crippen LogP contribution in [0, 0.1) is 6.92 Å². The van der Waals surface area contributed by atoms with Gasteiger partial charge in [-0.3, -0.25) is 9.59 Å². The Morgan fingerprint density at radius 1 is 0.935 bits per heavy atom. The second-order valence-corrected chi connectivity index (χ2v) is 7.87. The third-order valence-corrected chi connectivity index (χ3v) is 5.82. The van der Waals surface area contributed by atoms with Gasteiger partial charge in [0.15, 0.2) is 5.43 Å². The smallest absolute Gasteiger partial charge is 0.291 e. The summed E-state index contributed by atoms with van der Waals surface area (Å²) in [4.78, 5) is 28.3. The molecule has 1 aromatic heterocycles. The Bertz CT molecular complexity index is 1330. The summed E-state index contributed by atoms with van der Waals surface area (Å²) >= 11 is 0. The van der Waals surface area contributed by atoms with Gasteiger partial charge in [0, 0.05) is 0 Å². The van der Waals surface area contributed by atoms with Gasteiger partial charge in [0.1, 0.15) is 5.58 Å². The van der Waals surface area contributed by atoms with E-state index in [1.807, 2.05) is 61.5 Å². The van der Waals surface area contributed by atoms with Crippen molar-refractivity contribution in [2.24, 2.45) is 0 Å². The zero-order chi connectivity index (χ0) is 21.5. The molecular weight excluding hydrogens is 390 g/mol. The Morgan fingerprint density at radius 3 is 2.35 bits per heavy atom. The number of rotatable bonds is 4. The molecule has 1 N–H and O–H groups in total. The summed E-state index contributed by atoms with van der Waals surface area (Å²) in [5.74, 6) is -0.340. The standard InChI is InChI=1S/C26H21NO4/c1-16-11-13-18(14-12-16)23-22-24(29)19-9-5-6-10-21(19)31-25(22)26(30)27(23)15-20(28)17-7-3-2-4-8-17/h2-14,20,23,28H,15H2,1H3/t20-,23+/m1/s1. The summed E-state index contributed by atoms with van der Waals surface area (Å²) in [6.45, 7) is 2.03. The minimum absolute atomic E-state index is 0.0430. The maximum atomic E-state index is 13.4. The van der Waals surface area contributed by atoms with Gasteiger partial charge in [-0.1, -0.05) is 72.3 Å². The van der Waals surface area contributed by atoms with Crippen LogP contribution in [0.2, 0.25) is 0 Å². The van der Waals surface area contributed by atoms with Crippen LogP contribution < -0.4 is 5.43 Å². The lowest BCUT2D eigenvalue weighted by molar-refractivity contribution is 0.0583. The summed E-state index contributed by atoms with van der Waals surface area (Å²) in [6, 6.07) is 23.2. The number of benzene rings is 3. The highest BCUT2D eigenvalue weighted by molar-refractivity contribution is 5.99. The topological polar surface area (TPSA) is 70.8 Å². The molecule has 31 heavy (non-hydrogen) atoms. The van der Waals surface area contributed by atoms with Crippen molar-refractivity contribution in [3.8, 4) is 0 Å². The lowest BCUT2D eigenvalue weighted by Crippen LogP contribution is -2.33. The molecule has 2 atom stereocenters. The van der Waals surface area contributed by atoms with Crippen molar-refractivity contribution < 1.29 is 14.3 Å². The second-order valence-electron chi connectivity index (χ2n) is 7.87. The number of hydrogen-bond donors (Lipinski definition) is 1. The number of aryl methyl sites for hydroxylation is 1. The van der Waals surface area contributed by atoms with Crippen molar-refractivity contribution in [3.05, 3.63) is 117 Å². The Kier molecular flexibility index (Phi) is 4.68. The Balaban J connectivity index is 1.67. The van der Waals surface area contributed by atoms with E-state index < -0.39 is 18.1 Å². The van der Waals surface area contributed by atoms with Crippen LogP contribution in [-0.2, 0) is 0 Å². The minimum atomic E-state index is -0.892. The molecule has 5 rings (SSSR count). The van der Waals surface area contributed by atoms with Crippen LogP contribution in [0.25, 0.3) is 11.0 Å². The number of aliphatic hydroxyl groups is 1. The van der Waals surface area contributed by atoms with Crippen LogP contribution in [0.1, 0.15) is 45.0 Å². The van der Waals surface area contributed by atoms with Crippen LogP contribution in [0.5, 0.6) is 0 Å². The molecule has 0 unspecified atom stereocenters. The van der Waals surface area contributed by atoms with Gasteiger partial charge in [0.25, 0.3) is 5.91 Å². The predicted molar refractivity (Wildman–Crippen MR) is 118 cm³/mol. The van der Waals surface area contributed by atoms with E-state index in [-0.39, 0.29) is 17.7 Å². The number of nitrogens with zero attached hydrogens (tertiary/aromatic N) is 1. The fraction of sp³-hybridized carbons (Fsp3) is 0.154. The third-order valence-electron chi connectivity index (χ3n) is 5.82. The van der Waals surface area contributed by atoms with Crippen molar-refractivity contribution in [2.75, 3.05) is 6.54 Å². The van der Waals surface area contributed by atoms with Gasteiger partial charge in [-0.2, -0.15) is 0 Å². The molecule has 0 bridgehead atoms. The summed E-state index contributed by atoms with van der Waals surface area (Å²) in [5.41, 5.74) is 3.08. The zero-order valence-electron chi connectivity index (χ0n) is 17.0. The fourth-order valence-electron chi connectivity index (χ4n) is 4.22. The number of β-amino-alcohol motifs (C(OH)–C–C–N with tert-alkyl or cyclic N) is 1. The number of carbonyl (C=O) groups is 1. The van der Waals surface area contributed by atoms with Gasteiger partial charge >= 0.3 is 0 Å². The van der Waals surface area contributed by atoms with E-state index in [1.54, 1.807) is 24.3 Å². The summed E-state index contributed by atoms with van der Waals surface area (Å²) in [7, 11) is 0. The molecule has 0 spiro atoms. The van der Waals surface area contributed by atoms with E-state index in [4.69, 9.17) is 4.42 Å². The van der Waals surface area contributed by atoms with E-state index in [0.717, 1.165) is 11.1 Å². The number of hydrogen-bond acceptors (Lipinski definition) is 4. The van der Waals surface area contributed by atoms with E-state index in [1.165, 1.54) is 4.90 Å². The number of fused-ring (bicyclic) bond motifs is 2. The molecule has 1 amide bonds. The summed E-state index contributed by atoms with van der Waals surface area (Å²) < 4.78 is 5.92. The second kappa shape index (κ2) is 7.52. The van der Waals surface area contributed by atoms with Gasteiger partial charge in [-0.05, 0) is 30.2 Å². The van der Waals surface area contributed by atoms with Crippen molar-refractivity contribution in [3.63, 3.8) is 0 Å². The molecule has 0 aliphatic carbocycles. The van der Waals surface area contributed by atoms with Crippen LogP contribution in [0.15, 0.2) is 88.1 Å². The molecule has 5 heteroatoms. The van der Waals surface area contributed by atoms with Crippen LogP contribution in [-0.4, -0.2) is 22.5 Å². The molecule has 1 aliphatic heterocycles. The molecular formula is C26H21NO4. The molecule has 0 saturated carbocycles. The maximum absolute atomic E-state index is 13.4. The van der Waals surface area contributed by atoms with E-state index in [0.29, 0.717) is 22.1 Å². The number of para-hydroxylation sites is 1. The highest BCUT2D eigenvalue weighted by Gasteiger charge is 2.43. The molecule has 3 aromatic carbocycles. The normalized spacial score (nSPS) is 16.5. The number of aliphatic hydroxyl groups excluding tert-OH is 1. The molecule has 5 nitrogen and oxygen atoms in total. The minimum Gasteiger partial charge on any atom is -0.450 e. The molecule has 0 fully saturated rings. The molecule has 0 radical (unpaired) electrons.